The first kappa shape index (κ1) is 20.2. The lowest BCUT2D eigenvalue weighted by molar-refractivity contribution is -0.115. The van der Waals surface area contributed by atoms with E-state index in [0.717, 1.165) is 29.7 Å². The Balaban J connectivity index is 1.75. The fraction of sp³-hybridized carbons (Fsp3) is 0.381. The molecule has 2 aromatic carbocycles. The molecule has 0 saturated carbocycles. The number of hydrogen-bond donors (Lipinski definition) is 1. The maximum Gasteiger partial charge on any atom is 0.235 e. The number of methoxy groups -OCH3 is 1. The number of carbonyl (C=O) groups is 1. The molecule has 6 nitrogen and oxygen atoms in total. The van der Waals surface area contributed by atoms with Gasteiger partial charge >= 0.3 is 0 Å². The van der Waals surface area contributed by atoms with E-state index >= 15 is 0 Å². The normalized spacial score (nSPS) is 13.7. The van der Waals surface area contributed by atoms with E-state index in [4.69, 9.17) is 4.74 Å². The van der Waals surface area contributed by atoms with E-state index in [1.165, 1.54) is 4.31 Å². The summed E-state index contributed by atoms with van der Waals surface area (Å²) in [6.07, 6.45) is 2.46. The van der Waals surface area contributed by atoms with Crippen molar-refractivity contribution in [3.8, 4) is 5.75 Å². The number of rotatable bonds is 7. The summed E-state index contributed by atoms with van der Waals surface area (Å²) in [7, 11) is -1.74. The van der Waals surface area contributed by atoms with E-state index in [9.17, 15) is 13.2 Å². The van der Waals surface area contributed by atoms with Gasteiger partial charge in [0.1, 0.15) is 5.75 Å². The number of sulfonamides is 1. The average molecular weight is 403 g/mol. The quantitative estimate of drug-likeness (QED) is 0.770. The van der Waals surface area contributed by atoms with Gasteiger partial charge in [0.25, 0.3) is 0 Å². The molecule has 0 aliphatic carbocycles. The summed E-state index contributed by atoms with van der Waals surface area (Å²) in [6, 6.07) is 12.9. The van der Waals surface area contributed by atoms with Gasteiger partial charge in [-0.1, -0.05) is 25.1 Å². The number of aryl methyl sites for hydroxylation is 1. The van der Waals surface area contributed by atoms with Crippen LogP contribution in [0.4, 0.5) is 11.4 Å². The zero-order valence-electron chi connectivity index (χ0n) is 16.3. The highest BCUT2D eigenvalue weighted by atomic mass is 32.2. The molecular formula is C21H26N2O4S. The van der Waals surface area contributed by atoms with E-state index in [0.29, 0.717) is 24.3 Å². The Hall–Kier alpha value is -2.54. The Morgan fingerprint density at radius 1 is 1.18 bits per heavy atom. The predicted octanol–water partition coefficient (Wildman–Crippen LogP) is 3.37. The van der Waals surface area contributed by atoms with Crippen LogP contribution < -0.4 is 14.4 Å². The van der Waals surface area contributed by atoms with Crippen molar-refractivity contribution in [1.82, 2.24) is 0 Å². The summed E-state index contributed by atoms with van der Waals surface area (Å²) in [5.41, 5.74) is 3.17. The zero-order chi connectivity index (χ0) is 20.1. The lowest BCUT2D eigenvalue weighted by atomic mass is 10.0. The van der Waals surface area contributed by atoms with Gasteiger partial charge in [-0.3, -0.25) is 9.10 Å². The molecule has 0 bridgehead atoms. The van der Waals surface area contributed by atoms with Crippen LogP contribution in [0.3, 0.4) is 0 Å². The van der Waals surface area contributed by atoms with Crippen LogP contribution in [0.2, 0.25) is 0 Å². The highest BCUT2D eigenvalue weighted by Crippen LogP contribution is 2.32. The SMILES string of the molecule is CCCS(=O)(=O)N1CCCc2ccc(NC(=O)Cc3ccc(OC)cc3)cc21. The molecule has 3 rings (SSSR count). The number of fused-ring (bicyclic) bond motifs is 1. The number of anilines is 2. The molecule has 1 amide bonds. The van der Waals surface area contributed by atoms with Crippen LogP contribution in [-0.2, 0) is 27.7 Å². The fourth-order valence-electron chi connectivity index (χ4n) is 3.41. The van der Waals surface area contributed by atoms with Crippen LogP contribution in [-0.4, -0.2) is 33.7 Å². The third kappa shape index (κ3) is 4.65. The van der Waals surface area contributed by atoms with Crippen LogP contribution in [0.15, 0.2) is 42.5 Å². The van der Waals surface area contributed by atoms with Gasteiger partial charge < -0.3 is 10.1 Å². The van der Waals surface area contributed by atoms with Crippen molar-refractivity contribution in [2.24, 2.45) is 0 Å². The van der Waals surface area contributed by atoms with Crippen LogP contribution in [0.1, 0.15) is 30.9 Å². The Morgan fingerprint density at radius 2 is 1.93 bits per heavy atom. The van der Waals surface area contributed by atoms with E-state index in [-0.39, 0.29) is 18.1 Å². The maximum absolute atomic E-state index is 12.6. The summed E-state index contributed by atoms with van der Waals surface area (Å²) in [5.74, 6) is 0.719. The van der Waals surface area contributed by atoms with Gasteiger partial charge in [-0.15, -0.1) is 0 Å². The Bertz CT molecular complexity index is 939. The average Bonchev–Trinajstić information content (AvgIpc) is 2.68. The molecular weight excluding hydrogens is 376 g/mol. The lowest BCUT2D eigenvalue weighted by Crippen LogP contribution is -2.37. The second kappa shape index (κ2) is 8.65. The topological polar surface area (TPSA) is 75.7 Å². The largest absolute Gasteiger partial charge is 0.497 e. The molecule has 1 N–H and O–H groups in total. The summed E-state index contributed by atoms with van der Waals surface area (Å²) in [4.78, 5) is 12.4. The maximum atomic E-state index is 12.6. The number of nitrogens with one attached hydrogen (secondary N) is 1. The Morgan fingerprint density at radius 3 is 2.61 bits per heavy atom. The van der Waals surface area contributed by atoms with E-state index in [2.05, 4.69) is 5.32 Å². The minimum absolute atomic E-state index is 0.125. The van der Waals surface area contributed by atoms with E-state index < -0.39 is 10.0 Å². The molecule has 0 unspecified atom stereocenters. The molecule has 2 aromatic rings. The number of carbonyl (C=O) groups excluding carboxylic acids is 1. The van der Waals surface area contributed by atoms with Gasteiger partial charge in [0.05, 0.1) is 25.0 Å². The summed E-state index contributed by atoms with van der Waals surface area (Å²) in [5, 5.41) is 2.88. The zero-order valence-corrected chi connectivity index (χ0v) is 17.1. The van der Waals surface area contributed by atoms with Crippen molar-refractivity contribution >= 4 is 27.3 Å². The first-order valence-corrected chi connectivity index (χ1v) is 11.1. The monoisotopic (exact) mass is 402 g/mol. The number of nitrogens with zero attached hydrogens (tertiary/aromatic N) is 1. The molecule has 1 aliphatic rings. The Labute approximate surface area is 166 Å². The molecule has 0 radical (unpaired) electrons. The first-order chi connectivity index (χ1) is 13.4. The molecule has 0 saturated heterocycles. The summed E-state index contributed by atoms with van der Waals surface area (Å²) >= 11 is 0. The number of ether oxygens (including phenoxy) is 1. The van der Waals surface area contributed by atoms with Crippen molar-refractivity contribution in [3.63, 3.8) is 0 Å². The summed E-state index contributed by atoms with van der Waals surface area (Å²) in [6.45, 7) is 2.34. The number of benzene rings is 2. The van der Waals surface area contributed by atoms with E-state index in [1.54, 1.807) is 13.2 Å². The minimum Gasteiger partial charge on any atom is -0.497 e. The molecule has 0 spiro atoms. The standard InChI is InChI=1S/C21H26N2O4S/c1-3-13-28(25,26)23-12-4-5-17-8-9-18(15-20(17)23)22-21(24)14-16-6-10-19(27-2)11-7-16/h6-11,15H,3-5,12-14H2,1-2H3,(H,22,24). The fourth-order valence-corrected chi connectivity index (χ4v) is 5.02. The van der Waals surface area contributed by atoms with Gasteiger partial charge in [-0.05, 0) is 54.7 Å². The molecule has 150 valence electrons. The smallest absolute Gasteiger partial charge is 0.235 e. The van der Waals surface area contributed by atoms with Crippen LogP contribution in [0, 0.1) is 0 Å². The molecule has 0 aromatic heterocycles. The molecule has 7 heteroatoms. The second-order valence-electron chi connectivity index (χ2n) is 6.91. The van der Waals surface area contributed by atoms with Crippen LogP contribution in [0.5, 0.6) is 5.75 Å². The molecule has 0 atom stereocenters. The van der Waals surface area contributed by atoms with Gasteiger partial charge in [-0.25, -0.2) is 8.42 Å². The number of hydrogen-bond acceptors (Lipinski definition) is 4. The highest BCUT2D eigenvalue weighted by Gasteiger charge is 2.27. The lowest BCUT2D eigenvalue weighted by Gasteiger charge is -2.31. The van der Waals surface area contributed by atoms with Crippen molar-refractivity contribution < 1.29 is 17.9 Å². The van der Waals surface area contributed by atoms with Crippen molar-refractivity contribution in [3.05, 3.63) is 53.6 Å². The number of amides is 1. The molecule has 28 heavy (non-hydrogen) atoms. The van der Waals surface area contributed by atoms with Gasteiger partial charge in [0, 0.05) is 12.2 Å². The van der Waals surface area contributed by atoms with Gasteiger partial charge in [0.2, 0.25) is 15.9 Å². The summed E-state index contributed by atoms with van der Waals surface area (Å²) < 4.78 is 31.8. The minimum atomic E-state index is -3.34. The third-order valence-electron chi connectivity index (χ3n) is 4.77. The van der Waals surface area contributed by atoms with Crippen LogP contribution >= 0.6 is 0 Å². The van der Waals surface area contributed by atoms with Gasteiger partial charge in [0.15, 0.2) is 0 Å². The third-order valence-corrected chi connectivity index (χ3v) is 6.74. The van der Waals surface area contributed by atoms with Crippen LogP contribution in [0.25, 0.3) is 0 Å². The van der Waals surface area contributed by atoms with Crippen molar-refractivity contribution in [2.75, 3.05) is 29.0 Å². The van der Waals surface area contributed by atoms with Crippen molar-refractivity contribution in [2.45, 2.75) is 32.6 Å². The first-order valence-electron chi connectivity index (χ1n) is 9.49. The predicted molar refractivity (Wildman–Crippen MR) is 112 cm³/mol. The van der Waals surface area contributed by atoms with Crippen molar-refractivity contribution in [1.29, 1.82) is 0 Å². The van der Waals surface area contributed by atoms with E-state index in [1.807, 2.05) is 43.3 Å². The molecule has 1 heterocycles. The molecule has 0 fully saturated rings. The van der Waals surface area contributed by atoms with Gasteiger partial charge in [-0.2, -0.15) is 0 Å². The highest BCUT2D eigenvalue weighted by molar-refractivity contribution is 7.92. The molecule has 1 aliphatic heterocycles. The Kier molecular flexibility index (Phi) is 6.24. The second-order valence-corrected chi connectivity index (χ2v) is 8.92.